The highest BCUT2D eigenvalue weighted by atomic mass is 19.1. The fraction of sp³-hybridized carbons (Fsp3) is 0.400. The molecule has 116 valence electrons. The minimum absolute atomic E-state index is 0.195. The molecule has 0 amide bonds. The van der Waals surface area contributed by atoms with Gasteiger partial charge in [-0.25, -0.2) is 9.37 Å². The zero-order valence-corrected chi connectivity index (χ0v) is 12.3. The van der Waals surface area contributed by atoms with Crippen LogP contribution in [0.2, 0.25) is 0 Å². The summed E-state index contributed by atoms with van der Waals surface area (Å²) in [4.78, 5) is 24.7. The SMILES string of the molecule is Cc1cc(=O)[nH]c(C2CN(Cc3ncccc3F)CCO2)n1. The summed E-state index contributed by atoms with van der Waals surface area (Å²) in [5.41, 5.74) is 0.864. The molecule has 1 fully saturated rings. The number of aromatic amines is 1. The fourth-order valence-corrected chi connectivity index (χ4v) is 2.51. The number of morpholine rings is 1. The van der Waals surface area contributed by atoms with Crippen LogP contribution < -0.4 is 5.56 Å². The Hall–Kier alpha value is -2.12. The Morgan fingerprint density at radius 3 is 3.18 bits per heavy atom. The van der Waals surface area contributed by atoms with Crippen molar-refractivity contribution in [2.24, 2.45) is 0 Å². The molecule has 3 heterocycles. The van der Waals surface area contributed by atoms with E-state index in [4.69, 9.17) is 4.74 Å². The van der Waals surface area contributed by atoms with E-state index in [1.165, 1.54) is 12.1 Å². The summed E-state index contributed by atoms with van der Waals surface area (Å²) in [6, 6.07) is 4.41. The number of halogens is 1. The van der Waals surface area contributed by atoms with Gasteiger partial charge in [0.2, 0.25) is 0 Å². The highest BCUT2D eigenvalue weighted by Gasteiger charge is 2.25. The van der Waals surface area contributed by atoms with Gasteiger partial charge in [0.25, 0.3) is 5.56 Å². The first kappa shape index (κ1) is 14.8. The molecule has 3 rings (SSSR count). The molecule has 22 heavy (non-hydrogen) atoms. The quantitative estimate of drug-likeness (QED) is 0.922. The Bertz CT molecular complexity index is 719. The average molecular weight is 304 g/mol. The van der Waals surface area contributed by atoms with Crippen LogP contribution in [-0.2, 0) is 11.3 Å². The van der Waals surface area contributed by atoms with Crippen LogP contribution in [0.3, 0.4) is 0 Å². The Morgan fingerprint density at radius 1 is 1.55 bits per heavy atom. The molecule has 1 N–H and O–H groups in total. The van der Waals surface area contributed by atoms with Crippen LogP contribution >= 0.6 is 0 Å². The van der Waals surface area contributed by atoms with Crippen LogP contribution in [0, 0.1) is 12.7 Å². The lowest BCUT2D eigenvalue weighted by Gasteiger charge is -2.32. The van der Waals surface area contributed by atoms with Gasteiger partial charge in [-0.15, -0.1) is 0 Å². The summed E-state index contributed by atoms with van der Waals surface area (Å²) in [5.74, 6) is 0.198. The lowest BCUT2D eigenvalue weighted by atomic mass is 10.2. The molecular weight excluding hydrogens is 287 g/mol. The van der Waals surface area contributed by atoms with Crippen molar-refractivity contribution >= 4 is 0 Å². The van der Waals surface area contributed by atoms with Crippen molar-refractivity contribution < 1.29 is 9.13 Å². The van der Waals surface area contributed by atoms with Crippen molar-refractivity contribution in [3.63, 3.8) is 0 Å². The van der Waals surface area contributed by atoms with Gasteiger partial charge < -0.3 is 9.72 Å². The number of nitrogens with zero attached hydrogens (tertiary/aromatic N) is 3. The molecule has 1 aliphatic heterocycles. The molecule has 0 aromatic carbocycles. The van der Waals surface area contributed by atoms with Crippen LogP contribution in [0.5, 0.6) is 0 Å². The highest BCUT2D eigenvalue weighted by molar-refractivity contribution is 5.08. The molecule has 0 aliphatic carbocycles. The van der Waals surface area contributed by atoms with E-state index in [1.807, 2.05) is 4.90 Å². The van der Waals surface area contributed by atoms with Crippen molar-refractivity contribution in [1.82, 2.24) is 19.9 Å². The van der Waals surface area contributed by atoms with Gasteiger partial charge in [0.15, 0.2) is 0 Å². The highest BCUT2D eigenvalue weighted by Crippen LogP contribution is 2.20. The fourth-order valence-electron chi connectivity index (χ4n) is 2.51. The first-order valence-electron chi connectivity index (χ1n) is 7.13. The number of hydrogen-bond acceptors (Lipinski definition) is 5. The molecule has 6 nitrogen and oxygen atoms in total. The third kappa shape index (κ3) is 3.37. The minimum Gasteiger partial charge on any atom is -0.368 e. The van der Waals surface area contributed by atoms with E-state index in [1.54, 1.807) is 19.2 Å². The van der Waals surface area contributed by atoms with Crippen molar-refractivity contribution in [3.8, 4) is 0 Å². The number of H-pyrrole nitrogens is 1. The predicted molar refractivity (Wildman–Crippen MR) is 77.8 cm³/mol. The molecule has 1 aliphatic rings. The topological polar surface area (TPSA) is 71.1 Å². The summed E-state index contributed by atoms with van der Waals surface area (Å²) < 4.78 is 19.4. The summed E-state index contributed by atoms with van der Waals surface area (Å²) in [6.45, 7) is 3.88. The molecular formula is C15H17FN4O2. The normalized spacial score (nSPS) is 19.3. The van der Waals surface area contributed by atoms with E-state index < -0.39 is 0 Å². The van der Waals surface area contributed by atoms with Gasteiger partial charge in [-0.1, -0.05) is 0 Å². The molecule has 2 aromatic rings. The van der Waals surface area contributed by atoms with E-state index in [9.17, 15) is 9.18 Å². The molecule has 1 saturated heterocycles. The van der Waals surface area contributed by atoms with Crippen molar-refractivity contribution in [2.75, 3.05) is 19.7 Å². The number of aromatic nitrogens is 3. The number of aryl methyl sites for hydroxylation is 1. The standard InChI is InChI=1S/C15H17FN4O2/c1-10-7-14(21)19-15(18-10)13-9-20(5-6-22-13)8-12-11(16)3-2-4-17-12/h2-4,7,13H,5-6,8-9H2,1H3,(H,18,19,21). The summed E-state index contributed by atoms with van der Waals surface area (Å²) in [6.07, 6.45) is 1.25. The Kier molecular flexibility index (Phi) is 4.26. The van der Waals surface area contributed by atoms with Gasteiger partial charge >= 0.3 is 0 Å². The van der Waals surface area contributed by atoms with E-state index in [0.29, 0.717) is 43.5 Å². The second kappa shape index (κ2) is 6.33. The average Bonchev–Trinajstić information content (AvgIpc) is 2.49. The van der Waals surface area contributed by atoms with E-state index in [0.717, 1.165) is 0 Å². The van der Waals surface area contributed by atoms with E-state index in [2.05, 4.69) is 15.0 Å². The number of ether oxygens (including phenoxy) is 1. The smallest absolute Gasteiger partial charge is 0.251 e. The Labute approximate surface area is 127 Å². The van der Waals surface area contributed by atoms with Crippen LogP contribution in [0.4, 0.5) is 4.39 Å². The zero-order valence-electron chi connectivity index (χ0n) is 12.3. The van der Waals surface area contributed by atoms with Crippen molar-refractivity contribution in [1.29, 1.82) is 0 Å². The van der Waals surface area contributed by atoms with Crippen molar-refractivity contribution in [3.05, 3.63) is 57.8 Å². The zero-order chi connectivity index (χ0) is 15.5. The second-order valence-corrected chi connectivity index (χ2v) is 5.30. The Balaban J connectivity index is 1.74. The van der Waals surface area contributed by atoms with Crippen LogP contribution in [0.25, 0.3) is 0 Å². The van der Waals surface area contributed by atoms with Gasteiger partial charge in [0.05, 0.1) is 12.3 Å². The summed E-state index contributed by atoms with van der Waals surface area (Å²) in [7, 11) is 0. The maximum atomic E-state index is 13.7. The monoisotopic (exact) mass is 304 g/mol. The molecule has 7 heteroatoms. The minimum atomic E-state index is -0.326. The molecule has 0 bridgehead atoms. The molecule has 0 saturated carbocycles. The largest absolute Gasteiger partial charge is 0.368 e. The first-order valence-corrected chi connectivity index (χ1v) is 7.13. The van der Waals surface area contributed by atoms with Gasteiger partial charge in [-0.3, -0.25) is 14.7 Å². The molecule has 2 aromatic heterocycles. The first-order chi connectivity index (χ1) is 10.6. The van der Waals surface area contributed by atoms with E-state index >= 15 is 0 Å². The third-order valence-corrected chi connectivity index (χ3v) is 3.55. The third-order valence-electron chi connectivity index (χ3n) is 3.55. The molecule has 1 atom stereocenters. The summed E-state index contributed by atoms with van der Waals surface area (Å²) >= 11 is 0. The molecule has 0 radical (unpaired) electrons. The predicted octanol–water partition coefficient (Wildman–Crippen LogP) is 1.19. The van der Waals surface area contributed by atoms with E-state index in [-0.39, 0.29) is 17.5 Å². The van der Waals surface area contributed by atoms with Gasteiger partial charge in [-0.2, -0.15) is 0 Å². The van der Waals surface area contributed by atoms with Crippen LogP contribution in [0.15, 0.2) is 29.2 Å². The number of rotatable bonds is 3. The van der Waals surface area contributed by atoms with Gasteiger partial charge in [0, 0.05) is 37.6 Å². The number of pyridine rings is 1. The maximum Gasteiger partial charge on any atom is 0.251 e. The second-order valence-electron chi connectivity index (χ2n) is 5.30. The van der Waals surface area contributed by atoms with Crippen molar-refractivity contribution in [2.45, 2.75) is 19.6 Å². The van der Waals surface area contributed by atoms with Crippen LogP contribution in [-0.4, -0.2) is 39.5 Å². The molecule has 1 unspecified atom stereocenters. The van der Waals surface area contributed by atoms with Gasteiger partial charge in [0.1, 0.15) is 17.7 Å². The number of nitrogens with one attached hydrogen (secondary N) is 1. The molecule has 0 spiro atoms. The number of hydrogen-bond donors (Lipinski definition) is 1. The maximum absolute atomic E-state index is 13.7. The Morgan fingerprint density at radius 2 is 2.41 bits per heavy atom. The van der Waals surface area contributed by atoms with Gasteiger partial charge in [-0.05, 0) is 19.1 Å². The summed E-state index contributed by atoms with van der Waals surface area (Å²) in [5, 5.41) is 0. The lowest BCUT2D eigenvalue weighted by molar-refractivity contribution is -0.0380. The van der Waals surface area contributed by atoms with Crippen LogP contribution in [0.1, 0.15) is 23.3 Å². The lowest BCUT2D eigenvalue weighted by Crippen LogP contribution is -2.39.